The van der Waals surface area contributed by atoms with Gasteiger partial charge in [-0.1, -0.05) is 6.07 Å². The van der Waals surface area contributed by atoms with Gasteiger partial charge in [0.2, 0.25) is 0 Å². The highest BCUT2D eigenvalue weighted by Gasteiger charge is 2.19. The van der Waals surface area contributed by atoms with E-state index in [1.807, 2.05) is 0 Å². The van der Waals surface area contributed by atoms with E-state index >= 15 is 0 Å². The van der Waals surface area contributed by atoms with E-state index in [2.05, 4.69) is 5.32 Å². The summed E-state index contributed by atoms with van der Waals surface area (Å²) in [5, 5.41) is 32.1. The summed E-state index contributed by atoms with van der Waals surface area (Å²) in [6.07, 6.45) is -1.59. The molecule has 0 aliphatic heterocycles. The Kier molecular flexibility index (Phi) is 5.27. The van der Waals surface area contributed by atoms with Crippen LogP contribution in [-0.2, 0) is 0 Å². The number of phenols is 1. The van der Waals surface area contributed by atoms with Crippen LogP contribution < -0.4 is 5.32 Å². The maximum Gasteiger partial charge on any atom is 0.163 e. The van der Waals surface area contributed by atoms with Crippen LogP contribution in [0.5, 0.6) is 5.75 Å². The molecule has 18 heavy (non-hydrogen) atoms. The molecule has 0 heterocycles. The van der Waals surface area contributed by atoms with Gasteiger partial charge in [-0.05, 0) is 44.6 Å². The monoisotopic (exact) mass is 253 g/mol. The summed E-state index contributed by atoms with van der Waals surface area (Å²) in [6, 6.07) is 4.25. The third-order valence-electron chi connectivity index (χ3n) is 2.80. The van der Waals surface area contributed by atoms with E-state index in [4.69, 9.17) is 0 Å². The average Bonchev–Trinajstić information content (AvgIpc) is 2.35. The van der Waals surface area contributed by atoms with Crippen molar-refractivity contribution in [1.82, 2.24) is 5.32 Å². The Balaban J connectivity index is 2.89. The van der Waals surface area contributed by atoms with Crippen LogP contribution in [0.1, 0.15) is 35.4 Å². The Morgan fingerprint density at radius 1 is 1.39 bits per heavy atom. The molecule has 0 radical (unpaired) electrons. The van der Waals surface area contributed by atoms with Crippen LogP contribution in [0.25, 0.3) is 0 Å². The number of phenolic OH excluding ortho intramolecular Hbond substituents is 1. The van der Waals surface area contributed by atoms with Gasteiger partial charge in [0.1, 0.15) is 11.9 Å². The minimum atomic E-state index is -1.07. The second-order valence-electron chi connectivity index (χ2n) is 4.24. The van der Waals surface area contributed by atoms with Crippen molar-refractivity contribution in [2.45, 2.75) is 25.6 Å². The highest BCUT2D eigenvalue weighted by molar-refractivity contribution is 5.96. The van der Waals surface area contributed by atoms with E-state index in [0.29, 0.717) is 18.5 Å². The van der Waals surface area contributed by atoms with Gasteiger partial charge in [-0.3, -0.25) is 4.79 Å². The molecule has 0 fully saturated rings. The molecule has 1 rings (SSSR count). The van der Waals surface area contributed by atoms with Crippen molar-refractivity contribution in [2.75, 3.05) is 13.6 Å². The van der Waals surface area contributed by atoms with Gasteiger partial charge in [0.15, 0.2) is 5.78 Å². The van der Waals surface area contributed by atoms with Crippen LogP contribution in [0.4, 0.5) is 0 Å². The zero-order valence-electron chi connectivity index (χ0n) is 10.6. The summed E-state index contributed by atoms with van der Waals surface area (Å²) in [5.41, 5.74) is 0.564. The maximum absolute atomic E-state index is 11.3. The number of carbonyl (C=O) groups excluding carboxylic acids is 1. The molecule has 5 heteroatoms. The minimum absolute atomic E-state index is 0.122. The van der Waals surface area contributed by atoms with Crippen molar-refractivity contribution in [3.63, 3.8) is 0 Å². The van der Waals surface area contributed by atoms with Crippen LogP contribution in [0.3, 0.4) is 0 Å². The fourth-order valence-corrected chi connectivity index (χ4v) is 1.69. The van der Waals surface area contributed by atoms with E-state index in [1.54, 1.807) is 7.05 Å². The standard InChI is InChI=1S/C13H19NO4/c1-8(15)10-7-9(3-4-11(10)16)13(18)12(17)5-6-14-2/h3-4,7,12-14,16-18H,5-6H2,1-2H3. The molecule has 2 atom stereocenters. The number of benzene rings is 1. The first kappa shape index (κ1) is 14.6. The summed E-state index contributed by atoms with van der Waals surface area (Å²) < 4.78 is 0. The second-order valence-corrected chi connectivity index (χ2v) is 4.24. The molecule has 100 valence electrons. The van der Waals surface area contributed by atoms with Crippen LogP contribution in [-0.4, -0.2) is 40.8 Å². The van der Waals surface area contributed by atoms with Crippen molar-refractivity contribution in [3.05, 3.63) is 29.3 Å². The van der Waals surface area contributed by atoms with Crippen LogP contribution in [0, 0.1) is 0 Å². The summed E-state index contributed by atoms with van der Waals surface area (Å²) >= 11 is 0. The van der Waals surface area contributed by atoms with Gasteiger partial charge < -0.3 is 20.6 Å². The summed E-state index contributed by atoms with van der Waals surface area (Å²) in [7, 11) is 1.76. The van der Waals surface area contributed by atoms with Gasteiger partial charge in [-0.25, -0.2) is 0 Å². The fraction of sp³-hybridized carbons (Fsp3) is 0.462. The predicted octanol–water partition coefficient (Wildman–Crippen LogP) is 0.599. The smallest absolute Gasteiger partial charge is 0.163 e. The van der Waals surface area contributed by atoms with Gasteiger partial charge in [0.25, 0.3) is 0 Å². The van der Waals surface area contributed by atoms with E-state index in [0.717, 1.165) is 0 Å². The first-order chi connectivity index (χ1) is 8.47. The SMILES string of the molecule is CNCCC(O)C(O)c1ccc(O)c(C(C)=O)c1. The average molecular weight is 253 g/mol. The number of ketones is 1. The molecule has 1 aromatic carbocycles. The molecule has 5 nitrogen and oxygen atoms in total. The molecular formula is C13H19NO4. The van der Waals surface area contributed by atoms with Crippen LogP contribution >= 0.6 is 0 Å². The van der Waals surface area contributed by atoms with Crippen LogP contribution in [0.2, 0.25) is 0 Å². The molecule has 0 saturated heterocycles. The van der Waals surface area contributed by atoms with E-state index < -0.39 is 12.2 Å². The maximum atomic E-state index is 11.3. The number of Topliss-reactive ketones (excluding diaryl/α,β-unsaturated/α-hetero) is 1. The molecular weight excluding hydrogens is 234 g/mol. The minimum Gasteiger partial charge on any atom is -0.507 e. The lowest BCUT2D eigenvalue weighted by Gasteiger charge is -2.18. The molecule has 4 N–H and O–H groups in total. The number of hydrogen-bond acceptors (Lipinski definition) is 5. The first-order valence-corrected chi connectivity index (χ1v) is 5.82. The largest absolute Gasteiger partial charge is 0.507 e. The molecule has 0 bridgehead atoms. The summed E-state index contributed by atoms with van der Waals surface area (Å²) in [4.78, 5) is 11.3. The highest BCUT2D eigenvalue weighted by atomic mass is 16.3. The topological polar surface area (TPSA) is 89.8 Å². The molecule has 2 unspecified atom stereocenters. The molecule has 1 aromatic rings. The number of aromatic hydroxyl groups is 1. The first-order valence-electron chi connectivity index (χ1n) is 5.82. The Bertz CT molecular complexity index is 419. The van der Waals surface area contributed by atoms with E-state index in [-0.39, 0.29) is 17.1 Å². The van der Waals surface area contributed by atoms with Gasteiger partial charge in [0, 0.05) is 0 Å². The number of aliphatic hydroxyl groups excluding tert-OH is 2. The number of rotatable bonds is 6. The lowest BCUT2D eigenvalue weighted by Crippen LogP contribution is -2.23. The van der Waals surface area contributed by atoms with Gasteiger partial charge in [-0.15, -0.1) is 0 Å². The summed E-state index contributed by atoms with van der Waals surface area (Å²) in [6.45, 7) is 1.92. The Labute approximate surface area is 106 Å². The highest BCUT2D eigenvalue weighted by Crippen LogP contribution is 2.25. The Morgan fingerprint density at radius 2 is 2.06 bits per heavy atom. The molecule has 0 aliphatic carbocycles. The second kappa shape index (κ2) is 6.49. The van der Waals surface area contributed by atoms with E-state index in [9.17, 15) is 20.1 Å². The fourth-order valence-electron chi connectivity index (χ4n) is 1.69. The van der Waals surface area contributed by atoms with Gasteiger partial charge in [0.05, 0.1) is 11.7 Å². The van der Waals surface area contributed by atoms with Gasteiger partial charge in [-0.2, -0.15) is 0 Å². The molecule has 0 saturated carbocycles. The summed E-state index contributed by atoms with van der Waals surface area (Å²) in [5.74, 6) is -0.408. The van der Waals surface area contributed by atoms with Crippen molar-refractivity contribution in [3.8, 4) is 5.75 Å². The predicted molar refractivity (Wildman–Crippen MR) is 67.6 cm³/mol. The van der Waals surface area contributed by atoms with Crippen molar-refractivity contribution in [2.24, 2.45) is 0 Å². The van der Waals surface area contributed by atoms with Crippen molar-refractivity contribution < 1.29 is 20.1 Å². The number of hydrogen-bond donors (Lipinski definition) is 4. The Morgan fingerprint density at radius 3 is 2.61 bits per heavy atom. The lowest BCUT2D eigenvalue weighted by molar-refractivity contribution is 0.0140. The Hall–Kier alpha value is -1.43. The van der Waals surface area contributed by atoms with Gasteiger partial charge >= 0.3 is 0 Å². The van der Waals surface area contributed by atoms with E-state index in [1.165, 1.54) is 25.1 Å². The third-order valence-corrected chi connectivity index (χ3v) is 2.80. The zero-order valence-corrected chi connectivity index (χ0v) is 10.6. The molecule has 0 spiro atoms. The number of carbonyl (C=O) groups is 1. The number of nitrogens with one attached hydrogen (secondary N) is 1. The normalized spacial score (nSPS) is 14.2. The molecule has 0 amide bonds. The quantitative estimate of drug-likeness (QED) is 0.557. The molecule has 0 aliphatic rings. The van der Waals surface area contributed by atoms with Crippen LogP contribution in [0.15, 0.2) is 18.2 Å². The zero-order chi connectivity index (χ0) is 13.7. The number of aliphatic hydroxyl groups is 2. The van der Waals surface area contributed by atoms with Crippen molar-refractivity contribution >= 4 is 5.78 Å². The molecule has 0 aromatic heterocycles. The lowest BCUT2D eigenvalue weighted by atomic mass is 9.98. The van der Waals surface area contributed by atoms with Crippen molar-refractivity contribution in [1.29, 1.82) is 0 Å². The third kappa shape index (κ3) is 3.53.